The molecular weight excluding hydrogens is 198 g/mol. The third-order valence-corrected chi connectivity index (χ3v) is 3.40. The van der Waals surface area contributed by atoms with Crippen LogP contribution in [0.2, 0.25) is 0 Å². The summed E-state index contributed by atoms with van der Waals surface area (Å²) in [5, 5.41) is 0. The van der Waals surface area contributed by atoms with E-state index >= 15 is 0 Å². The van der Waals surface area contributed by atoms with E-state index in [-0.39, 0.29) is 6.04 Å². The molecule has 1 fully saturated rings. The first-order valence-electron chi connectivity index (χ1n) is 6.21. The average molecular weight is 219 g/mol. The van der Waals surface area contributed by atoms with Crippen molar-refractivity contribution < 1.29 is 4.74 Å². The van der Waals surface area contributed by atoms with E-state index in [1.807, 2.05) is 0 Å². The van der Waals surface area contributed by atoms with E-state index in [4.69, 9.17) is 10.5 Å². The van der Waals surface area contributed by atoms with E-state index in [0.717, 1.165) is 26.1 Å². The van der Waals surface area contributed by atoms with E-state index in [2.05, 4.69) is 31.2 Å². The molecule has 1 heterocycles. The zero-order valence-electron chi connectivity index (χ0n) is 9.99. The summed E-state index contributed by atoms with van der Waals surface area (Å²) in [7, 11) is 0. The smallest absolute Gasteiger partial charge is 0.0495 e. The Hall–Kier alpha value is -0.860. The van der Waals surface area contributed by atoms with E-state index in [1.165, 1.54) is 17.5 Å². The molecular formula is C14H21NO. The van der Waals surface area contributed by atoms with E-state index < -0.39 is 0 Å². The number of ether oxygens (including phenoxy) is 1. The second-order valence-corrected chi connectivity index (χ2v) is 4.67. The van der Waals surface area contributed by atoms with Crippen molar-refractivity contribution in [3.05, 3.63) is 35.4 Å². The van der Waals surface area contributed by atoms with Gasteiger partial charge in [-0.25, -0.2) is 0 Å². The third-order valence-electron chi connectivity index (χ3n) is 3.40. The maximum atomic E-state index is 6.24. The summed E-state index contributed by atoms with van der Waals surface area (Å²) in [6.45, 7) is 3.98. The van der Waals surface area contributed by atoms with Crippen LogP contribution in [0.3, 0.4) is 0 Å². The molecule has 16 heavy (non-hydrogen) atoms. The Balaban J connectivity index is 1.98. The SMILES string of the molecule is CCc1cccc(C(N)CC2CCOC2)c1. The lowest BCUT2D eigenvalue weighted by atomic mass is 9.94. The van der Waals surface area contributed by atoms with Crippen molar-refractivity contribution in [3.8, 4) is 0 Å². The molecule has 2 unspecified atom stereocenters. The van der Waals surface area contributed by atoms with Crippen LogP contribution >= 0.6 is 0 Å². The largest absolute Gasteiger partial charge is 0.381 e. The van der Waals surface area contributed by atoms with Crippen LogP contribution in [0, 0.1) is 5.92 Å². The number of aryl methyl sites for hydroxylation is 1. The molecule has 2 rings (SSSR count). The lowest BCUT2D eigenvalue weighted by Gasteiger charge is -2.16. The van der Waals surface area contributed by atoms with E-state index in [1.54, 1.807) is 0 Å². The molecule has 0 aliphatic carbocycles. The molecule has 0 bridgehead atoms. The molecule has 2 atom stereocenters. The van der Waals surface area contributed by atoms with Crippen LogP contribution in [-0.2, 0) is 11.2 Å². The quantitative estimate of drug-likeness (QED) is 0.845. The number of hydrogen-bond donors (Lipinski definition) is 1. The minimum absolute atomic E-state index is 0.165. The zero-order chi connectivity index (χ0) is 11.4. The van der Waals surface area contributed by atoms with Crippen molar-refractivity contribution in [1.82, 2.24) is 0 Å². The van der Waals surface area contributed by atoms with E-state index in [9.17, 15) is 0 Å². The normalized spacial score (nSPS) is 22.2. The van der Waals surface area contributed by atoms with Gasteiger partial charge in [0.2, 0.25) is 0 Å². The average Bonchev–Trinajstić information content (AvgIpc) is 2.82. The Kier molecular flexibility index (Phi) is 3.97. The van der Waals surface area contributed by atoms with Crippen molar-refractivity contribution in [1.29, 1.82) is 0 Å². The summed E-state index contributed by atoms with van der Waals surface area (Å²) in [4.78, 5) is 0. The Bertz CT molecular complexity index is 331. The van der Waals surface area contributed by atoms with Gasteiger partial charge in [-0.3, -0.25) is 0 Å². The predicted octanol–water partition coefficient (Wildman–Crippen LogP) is 2.68. The van der Waals surface area contributed by atoms with Crippen LogP contribution in [0.4, 0.5) is 0 Å². The van der Waals surface area contributed by atoms with Crippen molar-refractivity contribution in [3.63, 3.8) is 0 Å². The zero-order valence-corrected chi connectivity index (χ0v) is 9.99. The molecule has 2 nitrogen and oxygen atoms in total. The highest BCUT2D eigenvalue weighted by atomic mass is 16.5. The summed E-state index contributed by atoms with van der Waals surface area (Å²) in [6.07, 6.45) is 3.29. The lowest BCUT2D eigenvalue weighted by molar-refractivity contribution is 0.182. The monoisotopic (exact) mass is 219 g/mol. The van der Waals surface area contributed by atoms with Crippen LogP contribution in [0.5, 0.6) is 0 Å². The molecule has 88 valence electrons. The van der Waals surface area contributed by atoms with Gasteiger partial charge in [-0.05, 0) is 36.3 Å². The van der Waals surface area contributed by atoms with Gasteiger partial charge in [0.25, 0.3) is 0 Å². The second-order valence-electron chi connectivity index (χ2n) is 4.67. The highest BCUT2D eigenvalue weighted by molar-refractivity contribution is 5.25. The van der Waals surface area contributed by atoms with Gasteiger partial charge >= 0.3 is 0 Å². The summed E-state index contributed by atoms with van der Waals surface area (Å²) >= 11 is 0. The van der Waals surface area contributed by atoms with E-state index in [0.29, 0.717) is 5.92 Å². The summed E-state index contributed by atoms with van der Waals surface area (Å²) in [6, 6.07) is 8.81. The molecule has 0 aromatic heterocycles. The summed E-state index contributed by atoms with van der Waals surface area (Å²) in [5.41, 5.74) is 8.88. The number of rotatable bonds is 4. The number of benzene rings is 1. The Morgan fingerprint density at radius 2 is 2.38 bits per heavy atom. The molecule has 0 saturated carbocycles. The van der Waals surface area contributed by atoms with Crippen LogP contribution < -0.4 is 5.73 Å². The highest BCUT2D eigenvalue weighted by Crippen LogP contribution is 2.25. The fourth-order valence-corrected chi connectivity index (χ4v) is 2.31. The van der Waals surface area contributed by atoms with Crippen LogP contribution in [-0.4, -0.2) is 13.2 Å². The maximum absolute atomic E-state index is 6.24. The van der Waals surface area contributed by atoms with Crippen LogP contribution in [0.1, 0.15) is 36.9 Å². The van der Waals surface area contributed by atoms with Gasteiger partial charge in [0, 0.05) is 19.3 Å². The van der Waals surface area contributed by atoms with Gasteiger partial charge in [-0.15, -0.1) is 0 Å². The fourth-order valence-electron chi connectivity index (χ4n) is 2.31. The molecule has 2 heteroatoms. The Morgan fingerprint density at radius 3 is 3.06 bits per heavy atom. The van der Waals surface area contributed by atoms with Crippen molar-refractivity contribution in [2.24, 2.45) is 11.7 Å². The standard InChI is InChI=1S/C14H21NO/c1-2-11-4-3-5-13(8-11)14(15)9-12-6-7-16-10-12/h3-5,8,12,14H,2,6-7,9-10,15H2,1H3. The van der Waals surface area contributed by atoms with Gasteiger partial charge in [-0.1, -0.05) is 31.2 Å². The van der Waals surface area contributed by atoms with Crippen molar-refractivity contribution >= 4 is 0 Å². The molecule has 1 aromatic rings. The van der Waals surface area contributed by atoms with Crippen LogP contribution in [0.15, 0.2) is 24.3 Å². The highest BCUT2D eigenvalue weighted by Gasteiger charge is 2.19. The Labute approximate surface area is 97.8 Å². The Morgan fingerprint density at radius 1 is 1.50 bits per heavy atom. The molecule has 1 aromatic carbocycles. The van der Waals surface area contributed by atoms with Gasteiger partial charge in [0.15, 0.2) is 0 Å². The number of nitrogens with two attached hydrogens (primary N) is 1. The molecule has 0 amide bonds. The maximum Gasteiger partial charge on any atom is 0.0495 e. The fraction of sp³-hybridized carbons (Fsp3) is 0.571. The lowest BCUT2D eigenvalue weighted by Crippen LogP contribution is -2.15. The molecule has 1 aliphatic heterocycles. The number of hydrogen-bond acceptors (Lipinski definition) is 2. The molecule has 0 spiro atoms. The minimum Gasteiger partial charge on any atom is -0.381 e. The van der Waals surface area contributed by atoms with Crippen LogP contribution in [0.25, 0.3) is 0 Å². The molecule has 1 aliphatic rings. The van der Waals surface area contributed by atoms with Gasteiger partial charge in [-0.2, -0.15) is 0 Å². The van der Waals surface area contributed by atoms with Crippen molar-refractivity contribution in [2.75, 3.05) is 13.2 Å². The topological polar surface area (TPSA) is 35.2 Å². The van der Waals surface area contributed by atoms with Gasteiger partial charge in [0.1, 0.15) is 0 Å². The second kappa shape index (κ2) is 5.46. The molecule has 2 N–H and O–H groups in total. The first-order valence-corrected chi connectivity index (χ1v) is 6.21. The predicted molar refractivity (Wildman–Crippen MR) is 66.3 cm³/mol. The molecule has 1 saturated heterocycles. The van der Waals surface area contributed by atoms with Gasteiger partial charge in [0.05, 0.1) is 0 Å². The van der Waals surface area contributed by atoms with Gasteiger partial charge < -0.3 is 10.5 Å². The first kappa shape index (κ1) is 11.6. The summed E-state index contributed by atoms with van der Waals surface area (Å²) in [5.74, 6) is 0.653. The summed E-state index contributed by atoms with van der Waals surface area (Å²) < 4.78 is 5.38. The molecule has 0 radical (unpaired) electrons. The van der Waals surface area contributed by atoms with Crippen molar-refractivity contribution in [2.45, 2.75) is 32.2 Å². The third kappa shape index (κ3) is 2.83. The first-order chi connectivity index (χ1) is 7.79. The minimum atomic E-state index is 0.165.